The summed E-state index contributed by atoms with van der Waals surface area (Å²) in [6, 6.07) is 17.2. The van der Waals surface area contributed by atoms with E-state index in [0.717, 1.165) is 29.8 Å². The Labute approximate surface area is 182 Å². The van der Waals surface area contributed by atoms with Gasteiger partial charge in [0.05, 0.1) is 0 Å². The van der Waals surface area contributed by atoms with Gasteiger partial charge in [0, 0.05) is 18.8 Å². The van der Waals surface area contributed by atoms with Crippen LogP contribution >= 0.6 is 12.2 Å². The zero-order chi connectivity index (χ0) is 20.5. The first-order valence-corrected chi connectivity index (χ1v) is 11.7. The molecule has 0 amide bonds. The third kappa shape index (κ3) is 7.15. The number of rotatable bonds is 8. The maximum Gasteiger partial charge on any atom is 0.173 e. The predicted molar refractivity (Wildman–Crippen MR) is 129 cm³/mol. The Kier molecular flexibility index (Phi) is 8.54. The van der Waals surface area contributed by atoms with Gasteiger partial charge in [-0.1, -0.05) is 93.0 Å². The smallest absolute Gasteiger partial charge is 0.173 e. The van der Waals surface area contributed by atoms with Crippen LogP contribution in [0.2, 0.25) is 0 Å². The van der Waals surface area contributed by atoms with Gasteiger partial charge in [-0.25, -0.2) is 0 Å². The summed E-state index contributed by atoms with van der Waals surface area (Å²) in [4.78, 5) is 2.34. The summed E-state index contributed by atoms with van der Waals surface area (Å²) in [7, 11) is 0. The second-order valence-electron chi connectivity index (χ2n) is 8.66. The summed E-state index contributed by atoms with van der Waals surface area (Å²) >= 11 is 5.84. The van der Waals surface area contributed by atoms with E-state index in [9.17, 15) is 0 Å². The molecule has 0 saturated heterocycles. The van der Waals surface area contributed by atoms with Gasteiger partial charge < -0.3 is 10.2 Å². The molecule has 2 nitrogen and oxygen atoms in total. The summed E-state index contributed by atoms with van der Waals surface area (Å²) in [5.41, 5.74) is 4.94. The highest BCUT2D eigenvalue weighted by molar-refractivity contribution is 7.80. The maximum absolute atomic E-state index is 5.84. The van der Waals surface area contributed by atoms with Crippen LogP contribution in [-0.4, -0.2) is 16.6 Å². The first kappa shape index (κ1) is 21.8. The van der Waals surface area contributed by atoms with E-state index in [1.165, 1.54) is 68.1 Å². The minimum absolute atomic E-state index is 0.832. The van der Waals surface area contributed by atoms with E-state index < -0.39 is 0 Å². The standard InChI is InChI=1S/C26H36N2S/c1-21-16-17-25(22(2)19-21)27-26(29)28(20-24-14-7-4-8-15-24)18-10-9-13-23-11-5-3-6-12-23/h4,7-8,14-17,19,23H,3,5-6,9-13,18,20H2,1-2H3,(H,27,29). The van der Waals surface area contributed by atoms with E-state index in [-0.39, 0.29) is 0 Å². The summed E-state index contributed by atoms with van der Waals surface area (Å²) in [6.07, 6.45) is 11.1. The van der Waals surface area contributed by atoms with Crippen LogP contribution in [-0.2, 0) is 6.54 Å². The second kappa shape index (κ2) is 11.3. The molecule has 1 N–H and O–H groups in total. The lowest BCUT2D eigenvalue weighted by atomic mass is 9.86. The van der Waals surface area contributed by atoms with Crippen molar-refractivity contribution in [1.29, 1.82) is 0 Å². The maximum atomic E-state index is 5.84. The summed E-state index contributed by atoms with van der Waals surface area (Å²) < 4.78 is 0. The number of anilines is 1. The van der Waals surface area contributed by atoms with E-state index >= 15 is 0 Å². The van der Waals surface area contributed by atoms with E-state index in [0.29, 0.717) is 0 Å². The molecule has 0 radical (unpaired) electrons. The lowest BCUT2D eigenvalue weighted by Crippen LogP contribution is -2.35. The summed E-state index contributed by atoms with van der Waals surface area (Å²) in [6.45, 7) is 6.14. The molecule has 29 heavy (non-hydrogen) atoms. The Morgan fingerprint density at radius 3 is 2.48 bits per heavy atom. The average Bonchev–Trinajstić information content (AvgIpc) is 2.74. The van der Waals surface area contributed by atoms with Crippen molar-refractivity contribution in [2.75, 3.05) is 11.9 Å². The van der Waals surface area contributed by atoms with Crippen molar-refractivity contribution in [3.63, 3.8) is 0 Å². The lowest BCUT2D eigenvalue weighted by Gasteiger charge is -2.27. The van der Waals surface area contributed by atoms with E-state index in [4.69, 9.17) is 12.2 Å². The van der Waals surface area contributed by atoms with Gasteiger partial charge in [0.25, 0.3) is 0 Å². The van der Waals surface area contributed by atoms with Crippen LogP contribution in [0.4, 0.5) is 5.69 Å². The molecule has 2 aromatic rings. The molecule has 2 aromatic carbocycles. The quantitative estimate of drug-likeness (QED) is 0.366. The van der Waals surface area contributed by atoms with Crippen molar-refractivity contribution in [3.8, 4) is 0 Å². The molecule has 0 bridgehead atoms. The second-order valence-corrected chi connectivity index (χ2v) is 9.04. The Hall–Kier alpha value is -1.87. The SMILES string of the molecule is Cc1ccc(NC(=S)N(CCCCC2CCCCC2)Cc2ccccc2)c(C)c1. The number of thiocarbonyl (C=S) groups is 1. The Bertz CT molecular complexity index is 766. The number of nitrogens with one attached hydrogen (secondary N) is 1. The van der Waals surface area contributed by atoms with Crippen LogP contribution in [0.15, 0.2) is 48.5 Å². The molecule has 1 aliphatic carbocycles. The molecular weight excluding hydrogens is 372 g/mol. The molecule has 0 atom stereocenters. The number of hydrogen-bond acceptors (Lipinski definition) is 1. The summed E-state index contributed by atoms with van der Waals surface area (Å²) in [5.74, 6) is 0.964. The molecule has 0 spiro atoms. The van der Waals surface area contributed by atoms with Crippen molar-refractivity contribution < 1.29 is 0 Å². The van der Waals surface area contributed by atoms with Gasteiger partial charge in [0.2, 0.25) is 0 Å². The van der Waals surface area contributed by atoms with Gasteiger partial charge in [0.1, 0.15) is 0 Å². The van der Waals surface area contributed by atoms with Crippen molar-refractivity contribution in [1.82, 2.24) is 4.90 Å². The largest absolute Gasteiger partial charge is 0.345 e. The van der Waals surface area contributed by atoms with Crippen LogP contribution in [0.25, 0.3) is 0 Å². The molecule has 1 saturated carbocycles. The molecule has 0 heterocycles. The van der Waals surface area contributed by atoms with Crippen molar-refractivity contribution in [3.05, 3.63) is 65.2 Å². The molecule has 0 aliphatic heterocycles. The third-order valence-electron chi connectivity index (χ3n) is 6.14. The minimum atomic E-state index is 0.832. The highest BCUT2D eigenvalue weighted by Gasteiger charge is 2.15. The highest BCUT2D eigenvalue weighted by Crippen LogP contribution is 2.27. The van der Waals surface area contributed by atoms with Gasteiger partial charge in [-0.05, 0) is 55.6 Å². The third-order valence-corrected chi connectivity index (χ3v) is 6.50. The molecule has 1 fully saturated rings. The number of aryl methyl sites for hydroxylation is 2. The van der Waals surface area contributed by atoms with Gasteiger partial charge in [0.15, 0.2) is 5.11 Å². The predicted octanol–water partition coefficient (Wildman–Crippen LogP) is 7.25. The molecule has 1 aliphatic rings. The molecule has 156 valence electrons. The van der Waals surface area contributed by atoms with Crippen molar-refractivity contribution in [2.45, 2.75) is 71.8 Å². The van der Waals surface area contributed by atoms with Crippen LogP contribution in [0, 0.1) is 19.8 Å². The number of hydrogen-bond donors (Lipinski definition) is 1. The molecule has 3 heteroatoms. The normalized spacial score (nSPS) is 14.6. The van der Waals surface area contributed by atoms with E-state index in [1.807, 2.05) is 0 Å². The van der Waals surface area contributed by atoms with Crippen molar-refractivity contribution >= 4 is 23.0 Å². The van der Waals surface area contributed by atoms with Crippen LogP contribution < -0.4 is 5.32 Å². The monoisotopic (exact) mass is 408 g/mol. The Balaban J connectivity index is 1.58. The zero-order valence-corrected chi connectivity index (χ0v) is 18.9. The van der Waals surface area contributed by atoms with E-state index in [2.05, 4.69) is 72.6 Å². The van der Waals surface area contributed by atoms with Gasteiger partial charge in [-0.15, -0.1) is 0 Å². The first-order chi connectivity index (χ1) is 14.1. The fraction of sp³-hybridized carbons (Fsp3) is 0.500. The van der Waals surface area contributed by atoms with Gasteiger partial charge in [-0.2, -0.15) is 0 Å². The van der Waals surface area contributed by atoms with E-state index in [1.54, 1.807) is 0 Å². The fourth-order valence-corrected chi connectivity index (χ4v) is 4.68. The number of benzene rings is 2. The lowest BCUT2D eigenvalue weighted by molar-refractivity contribution is 0.319. The molecular formula is C26H36N2S. The molecule has 3 rings (SSSR count). The number of unbranched alkanes of at least 4 members (excludes halogenated alkanes) is 1. The Morgan fingerprint density at radius 1 is 1.00 bits per heavy atom. The van der Waals surface area contributed by atoms with Gasteiger partial charge in [-0.3, -0.25) is 0 Å². The minimum Gasteiger partial charge on any atom is -0.345 e. The Morgan fingerprint density at radius 2 is 1.76 bits per heavy atom. The first-order valence-electron chi connectivity index (χ1n) is 11.3. The van der Waals surface area contributed by atoms with Crippen molar-refractivity contribution in [2.24, 2.45) is 5.92 Å². The topological polar surface area (TPSA) is 15.3 Å². The van der Waals surface area contributed by atoms with Crippen LogP contribution in [0.3, 0.4) is 0 Å². The molecule has 0 unspecified atom stereocenters. The van der Waals surface area contributed by atoms with Crippen LogP contribution in [0.1, 0.15) is 68.1 Å². The van der Waals surface area contributed by atoms with Crippen LogP contribution in [0.5, 0.6) is 0 Å². The highest BCUT2D eigenvalue weighted by atomic mass is 32.1. The zero-order valence-electron chi connectivity index (χ0n) is 18.1. The molecule has 0 aromatic heterocycles. The fourth-order valence-electron chi connectivity index (χ4n) is 4.42. The summed E-state index contributed by atoms with van der Waals surface area (Å²) in [5, 5.41) is 4.34. The van der Waals surface area contributed by atoms with Gasteiger partial charge >= 0.3 is 0 Å². The average molecular weight is 409 g/mol. The number of nitrogens with zero attached hydrogens (tertiary/aromatic N) is 1.